The third kappa shape index (κ3) is 57.2. The van der Waals surface area contributed by atoms with Gasteiger partial charge in [0.2, 0.25) is 5.91 Å². The lowest BCUT2D eigenvalue weighted by Crippen LogP contribution is -2.45. The van der Waals surface area contributed by atoms with E-state index >= 15 is 0 Å². The SMILES string of the molecule is CCCCCCCCCCCCCC/C=C/C(O)C(CO)NC(=O)CCCCCCCCCCCCC/C=C\C/C=C\CCCCCCCCCCCOC(=O)CCCCCCCCCCCCCCC. The summed E-state index contributed by atoms with van der Waals surface area (Å²) in [4.78, 5) is 24.5. The van der Waals surface area contributed by atoms with Gasteiger partial charge in [-0.25, -0.2) is 0 Å². The molecule has 0 aromatic carbocycles. The number of esters is 1. The highest BCUT2D eigenvalue weighted by Gasteiger charge is 2.18. The second-order valence-electron chi connectivity index (χ2n) is 21.7. The number of hydrogen-bond acceptors (Lipinski definition) is 5. The van der Waals surface area contributed by atoms with Crippen LogP contribution in [-0.4, -0.2) is 47.4 Å². The molecule has 0 aliphatic rings. The van der Waals surface area contributed by atoms with Gasteiger partial charge in [0.25, 0.3) is 0 Å². The summed E-state index contributed by atoms with van der Waals surface area (Å²) in [5.74, 6) is -0.0585. The number of hydrogen-bond donors (Lipinski definition) is 3. The number of nitrogens with one attached hydrogen (secondary N) is 1. The minimum Gasteiger partial charge on any atom is -0.466 e. The predicted molar refractivity (Wildman–Crippen MR) is 310 cm³/mol. The highest BCUT2D eigenvalue weighted by atomic mass is 16.5. The van der Waals surface area contributed by atoms with Crippen LogP contribution in [0.3, 0.4) is 0 Å². The molecule has 1 amide bonds. The van der Waals surface area contributed by atoms with Crippen molar-refractivity contribution in [3.05, 3.63) is 36.5 Å². The zero-order valence-electron chi connectivity index (χ0n) is 47.7. The highest BCUT2D eigenvalue weighted by Crippen LogP contribution is 2.17. The molecule has 0 aromatic heterocycles. The van der Waals surface area contributed by atoms with Crippen LogP contribution in [0.25, 0.3) is 0 Å². The molecule has 0 radical (unpaired) electrons. The van der Waals surface area contributed by atoms with Crippen LogP contribution in [0, 0.1) is 0 Å². The molecule has 0 saturated heterocycles. The zero-order valence-corrected chi connectivity index (χ0v) is 47.7. The van der Waals surface area contributed by atoms with Crippen molar-refractivity contribution in [1.82, 2.24) is 5.32 Å². The quantitative estimate of drug-likeness (QED) is 0.0321. The molecule has 0 bridgehead atoms. The van der Waals surface area contributed by atoms with E-state index in [9.17, 15) is 19.8 Å². The molecule has 71 heavy (non-hydrogen) atoms. The Balaban J connectivity index is 3.43. The number of unbranched alkanes of at least 4 members (excludes halogenated alkanes) is 44. The van der Waals surface area contributed by atoms with Gasteiger partial charge in [0.15, 0.2) is 0 Å². The van der Waals surface area contributed by atoms with Gasteiger partial charge >= 0.3 is 5.97 Å². The molecule has 0 fully saturated rings. The van der Waals surface area contributed by atoms with Crippen LogP contribution < -0.4 is 5.32 Å². The molecule has 6 nitrogen and oxygen atoms in total. The van der Waals surface area contributed by atoms with E-state index in [1.807, 2.05) is 6.08 Å². The summed E-state index contributed by atoms with van der Waals surface area (Å²) >= 11 is 0. The van der Waals surface area contributed by atoms with Crippen molar-refractivity contribution in [2.75, 3.05) is 13.2 Å². The maximum Gasteiger partial charge on any atom is 0.305 e. The summed E-state index contributed by atoms with van der Waals surface area (Å²) in [6, 6.07) is -0.630. The van der Waals surface area contributed by atoms with E-state index in [4.69, 9.17) is 4.74 Å². The molecule has 3 N–H and O–H groups in total. The minimum atomic E-state index is -0.846. The lowest BCUT2D eigenvalue weighted by atomic mass is 10.0. The summed E-state index contributed by atoms with van der Waals surface area (Å²) in [6.45, 7) is 4.91. The van der Waals surface area contributed by atoms with Gasteiger partial charge in [-0.1, -0.05) is 301 Å². The molecule has 2 unspecified atom stereocenters. The van der Waals surface area contributed by atoms with E-state index < -0.39 is 12.1 Å². The van der Waals surface area contributed by atoms with Crippen LogP contribution in [-0.2, 0) is 14.3 Å². The van der Waals surface area contributed by atoms with Crippen LogP contribution in [0.5, 0.6) is 0 Å². The van der Waals surface area contributed by atoms with Crippen molar-refractivity contribution in [1.29, 1.82) is 0 Å². The standard InChI is InChI=1S/C65H123NO5/c1-3-5-7-9-11-13-15-17-34-37-41-45-49-53-57-63(68)62(61-67)66-64(69)58-54-50-46-42-38-35-31-29-27-25-23-21-19-18-20-22-24-26-28-30-32-36-40-44-48-52-56-60-71-65(70)59-55-51-47-43-39-33-16-14-12-10-8-6-4-2/h18-19,22,24,53,57,62-63,67-68H,3-17,20-21,23,25-52,54-56,58-61H2,1-2H3,(H,66,69)/b19-18-,24-22-,57-53+. The van der Waals surface area contributed by atoms with E-state index in [2.05, 4.69) is 43.5 Å². The average molecular weight is 999 g/mol. The molecule has 0 spiro atoms. The first kappa shape index (κ1) is 69.1. The zero-order chi connectivity index (χ0) is 51.4. The van der Waals surface area contributed by atoms with E-state index in [0.717, 1.165) is 44.9 Å². The topological polar surface area (TPSA) is 95.9 Å². The van der Waals surface area contributed by atoms with Gasteiger partial charge in [0.05, 0.1) is 25.4 Å². The Bertz CT molecular complexity index is 1150. The number of carbonyl (C=O) groups excluding carboxylic acids is 2. The molecular formula is C65H123NO5. The normalized spacial score (nSPS) is 12.8. The van der Waals surface area contributed by atoms with Crippen molar-refractivity contribution < 1.29 is 24.5 Å². The first-order valence-corrected chi connectivity index (χ1v) is 31.8. The molecule has 418 valence electrons. The monoisotopic (exact) mass is 998 g/mol. The van der Waals surface area contributed by atoms with Crippen LogP contribution >= 0.6 is 0 Å². The molecule has 0 rings (SSSR count). The Hall–Kier alpha value is -1.92. The smallest absolute Gasteiger partial charge is 0.305 e. The molecule has 0 aromatic rings. The van der Waals surface area contributed by atoms with E-state index in [-0.39, 0.29) is 18.5 Å². The number of aliphatic hydroxyl groups is 2. The molecule has 0 saturated carbocycles. The molecule has 0 aliphatic carbocycles. The van der Waals surface area contributed by atoms with Crippen LogP contribution in [0.4, 0.5) is 0 Å². The van der Waals surface area contributed by atoms with E-state index in [1.165, 1.54) is 270 Å². The number of allylic oxidation sites excluding steroid dienone is 5. The predicted octanol–water partition coefficient (Wildman–Crippen LogP) is 20.0. The first-order valence-electron chi connectivity index (χ1n) is 31.8. The maximum atomic E-state index is 12.5. The molecular weight excluding hydrogens is 875 g/mol. The lowest BCUT2D eigenvalue weighted by Gasteiger charge is -2.20. The first-order chi connectivity index (χ1) is 35.0. The molecule has 0 aliphatic heterocycles. The van der Waals surface area contributed by atoms with E-state index in [0.29, 0.717) is 19.4 Å². The average Bonchev–Trinajstić information content (AvgIpc) is 3.37. The fraction of sp³-hybridized carbons (Fsp3) is 0.877. The minimum absolute atomic E-state index is 0.0118. The van der Waals surface area contributed by atoms with Crippen molar-refractivity contribution in [3.8, 4) is 0 Å². The fourth-order valence-corrected chi connectivity index (χ4v) is 9.78. The number of carbonyl (C=O) groups is 2. The van der Waals surface area contributed by atoms with Gasteiger partial charge in [-0.05, 0) is 64.2 Å². The van der Waals surface area contributed by atoms with Crippen molar-refractivity contribution in [2.24, 2.45) is 0 Å². The summed E-state index contributed by atoms with van der Waals surface area (Å²) in [5.41, 5.74) is 0. The Morgan fingerprint density at radius 3 is 1.07 bits per heavy atom. The summed E-state index contributed by atoms with van der Waals surface area (Å²) in [6.07, 6.45) is 76.2. The second-order valence-corrected chi connectivity index (χ2v) is 21.7. The summed E-state index contributed by atoms with van der Waals surface area (Å²) < 4.78 is 5.48. The van der Waals surface area contributed by atoms with Crippen LogP contribution in [0.15, 0.2) is 36.5 Å². The molecule has 2 atom stereocenters. The summed E-state index contributed by atoms with van der Waals surface area (Å²) in [7, 11) is 0. The van der Waals surface area contributed by atoms with Gasteiger partial charge in [-0.3, -0.25) is 9.59 Å². The highest BCUT2D eigenvalue weighted by molar-refractivity contribution is 5.76. The third-order valence-electron chi connectivity index (χ3n) is 14.7. The van der Waals surface area contributed by atoms with Gasteiger partial charge < -0.3 is 20.3 Å². The number of amides is 1. The lowest BCUT2D eigenvalue weighted by molar-refractivity contribution is -0.143. The number of ether oxygens (including phenoxy) is 1. The molecule has 6 heteroatoms. The van der Waals surface area contributed by atoms with Gasteiger partial charge in [0.1, 0.15) is 0 Å². The van der Waals surface area contributed by atoms with E-state index in [1.54, 1.807) is 6.08 Å². The second kappa shape index (κ2) is 60.6. The number of aliphatic hydroxyl groups excluding tert-OH is 2. The Morgan fingerprint density at radius 2 is 0.704 bits per heavy atom. The van der Waals surface area contributed by atoms with Crippen molar-refractivity contribution >= 4 is 11.9 Å². The number of rotatable bonds is 59. The fourth-order valence-electron chi connectivity index (χ4n) is 9.78. The Labute approximate surface area is 443 Å². The summed E-state index contributed by atoms with van der Waals surface area (Å²) in [5, 5.41) is 23.1. The van der Waals surface area contributed by atoms with Gasteiger partial charge in [-0.2, -0.15) is 0 Å². The Kier molecular flexibility index (Phi) is 59.0. The molecule has 0 heterocycles. The van der Waals surface area contributed by atoms with Crippen molar-refractivity contribution in [3.63, 3.8) is 0 Å². The largest absolute Gasteiger partial charge is 0.466 e. The third-order valence-corrected chi connectivity index (χ3v) is 14.7. The van der Waals surface area contributed by atoms with Gasteiger partial charge in [0, 0.05) is 12.8 Å². The van der Waals surface area contributed by atoms with Crippen LogP contribution in [0.2, 0.25) is 0 Å². The Morgan fingerprint density at radius 1 is 0.394 bits per heavy atom. The maximum absolute atomic E-state index is 12.5. The van der Waals surface area contributed by atoms with Crippen LogP contribution in [0.1, 0.15) is 341 Å². The van der Waals surface area contributed by atoms with Gasteiger partial charge in [-0.15, -0.1) is 0 Å². The van der Waals surface area contributed by atoms with Crippen molar-refractivity contribution in [2.45, 2.75) is 353 Å².